The lowest BCUT2D eigenvalue weighted by Gasteiger charge is -1.97. The van der Waals surface area contributed by atoms with Gasteiger partial charge in [-0.25, -0.2) is 13.8 Å². The molecule has 0 unspecified atom stereocenters. The van der Waals surface area contributed by atoms with Crippen LogP contribution >= 0.6 is 22.6 Å². The quantitative estimate of drug-likeness (QED) is 0.682. The molecule has 2 aromatic rings. The van der Waals surface area contributed by atoms with Crippen molar-refractivity contribution in [2.24, 2.45) is 0 Å². The number of nitrogens with zero attached hydrogens (tertiary/aromatic N) is 2. The normalized spacial score (nSPS) is 11.1. The van der Waals surface area contributed by atoms with Crippen LogP contribution in [0.15, 0.2) is 12.3 Å². The molecule has 0 atom stereocenters. The molecule has 0 N–H and O–H groups in total. The molecule has 0 saturated carbocycles. The zero-order valence-electron chi connectivity index (χ0n) is 6.68. The Morgan fingerprint density at radius 1 is 1.46 bits per heavy atom. The minimum absolute atomic E-state index is 0.333. The molecule has 0 aliphatic rings. The van der Waals surface area contributed by atoms with Crippen LogP contribution in [0.1, 0.15) is 5.82 Å². The van der Waals surface area contributed by atoms with Crippen LogP contribution in [0.5, 0.6) is 0 Å². The Balaban J connectivity index is 2.97. The van der Waals surface area contributed by atoms with Gasteiger partial charge in [0.25, 0.3) is 0 Å². The van der Waals surface area contributed by atoms with E-state index in [0.29, 0.717) is 15.0 Å². The molecule has 0 aliphatic heterocycles. The third-order valence-electron chi connectivity index (χ3n) is 1.79. The van der Waals surface area contributed by atoms with Crippen LogP contribution in [0.3, 0.4) is 0 Å². The Labute approximate surface area is 86.7 Å². The molecule has 0 radical (unpaired) electrons. The zero-order chi connectivity index (χ0) is 9.59. The molecule has 68 valence electrons. The summed E-state index contributed by atoms with van der Waals surface area (Å²) in [6.45, 7) is 1.70. The van der Waals surface area contributed by atoms with Crippen molar-refractivity contribution in [2.45, 2.75) is 6.92 Å². The van der Waals surface area contributed by atoms with Crippen LogP contribution in [0.25, 0.3) is 5.52 Å². The fourth-order valence-corrected chi connectivity index (χ4v) is 2.10. The molecular weight excluding hydrogens is 289 g/mol. The van der Waals surface area contributed by atoms with Crippen molar-refractivity contribution in [3.8, 4) is 0 Å². The van der Waals surface area contributed by atoms with Gasteiger partial charge in [-0.1, -0.05) is 0 Å². The number of imidazole rings is 1. The van der Waals surface area contributed by atoms with Crippen LogP contribution in [-0.2, 0) is 0 Å². The third kappa shape index (κ3) is 1.31. The van der Waals surface area contributed by atoms with E-state index in [4.69, 9.17) is 0 Å². The summed E-state index contributed by atoms with van der Waals surface area (Å²) in [6, 6.07) is 0.860. The fourth-order valence-electron chi connectivity index (χ4n) is 1.23. The SMILES string of the molecule is Cc1nc(I)c2c(F)cc(F)cn12. The minimum Gasteiger partial charge on any atom is -0.297 e. The van der Waals surface area contributed by atoms with Gasteiger partial charge in [-0.2, -0.15) is 0 Å². The number of fused-ring (bicyclic) bond motifs is 1. The maximum atomic E-state index is 13.2. The van der Waals surface area contributed by atoms with Gasteiger partial charge < -0.3 is 0 Å². The molecule has 13 heavy (non-hydrogen) atoms. The molecule has 0 saturated heterocycles. The summed E-state index contributed by atoms with van der Waals surface area (Å²) in [4.78, 5) is 4.04. The maximum Gasteiger partial charge on any atom is 0.152 e. The molecule has 0 bridgehead atoms. The highest BCUT2D eigenvalue weighted by Gasteiger charge is 2.11. The van der Waals surface area contributed by atoms with Gasteiger partial charge in [-0.15, -0.1) is 0 Å². The number of pyridine rings is 1. The first-order valence-corrected chi connectivity index (χ1v) is 4.66. The molecule has 2 aromatic heterocycles. The molecule has 2 nitrogen and oxygen atoms in total. The number of rotatable bonds is 0. The highest BCUT2D eigenvalue weighted by atomic mass is 127. The maximum absolute atomic E-state index is 13.2. The second-order valence-electron chi connectivity index (χ2n) is 2.67. The smallest absolute Gasteiger partial charge is 0.152 e. The summed E-state index contributed by atoms with van der Waals surface area (Å²) < 4.78 is 28.0. The topological polar surface area (TPSA) is 17.3 Å². The van der Waals surface area contributed by atoms with Gasteiger partial charge in [-0.05, 0) is 29.5 Å². The van der Waals surface area contributed by atoms with E-state index in [1.54, 1.807) is 6.92 Å². The first-order valence-electron chi connectivity index (χ1n) is 3.59. The lowest BCUT2D eigenvalue weighted by Crippen LogP contribution is -1.92. The summed E-state index contributed by atoms with van der Waals surface area (Å²) in [7, 11) is 0. The minimum atomic E-state index is -0.595. The Kier molecular flexibility index (Phi) is 1.98. The standard InChI is InChI=1S/C8H5F2IN2/c1-4-12-8(11)7-6(10)2-5(9)3-13(4)7/h2-3H,1H3. The Morgan fingerprint density at radius 3 is 2.85 bits per heavy atom. The molecule has 0 aromatic carbocycles. The third-order valence-corrected chi connectivity index (χ3v) is 2.54. The van der Waals surface area contributed by atoms with Crippen molar-refractivity contribution in [1.82, 2.24) is 9.38 Å². The molecule has 0 amide bonds. The highest BCUT2D eigenvalue weighted by Crippen LogP contribution is 2.19. The number of aryl methyl sites for hydroxylation is 1. The van der Waals surface area contributed by atoms with E-state index in [1.807, 2.05) is 22.6 Å². The van der Waals surface area contributed by atoms with Crippen molar-refractivity contribution in [2.75, 3.05) is 0 Å². The van der Waals surface area contributed by atoms with Crippen molar-refractivity contribution < 1.29 is 8.78 Å². The predicted octanol–water partition coefficient (Wildman–Crippen LogP) is 2.53. The molecular formula is C8H5F2IN2. The van der Waals surface area contributed by atoms with Crippen LogP contribution in [0.4, 0.5) is 8.78 Å². The summed E-state index contributed by atoms with van der Waals surface area (Å²) in [5.41, 5.74) is 0.333. The van der Waals surface area contributed by atoms with Crippen LogP contribution < -0.4 is 0 Å². The van der Waals surface area contributed by atoms with E-state index in [0.717, 1.165) is 6.07 Å². The largest absolute Gasteiger partial charge is 0.297 e. The first kappa shape index (κ1) is 8.86. The molecule has 2 heterocycles. The summed E-state index contributed by atoms with van der Waals surface area (Å²) >= 11 is 1.92. The van der Waals surface area contributed by atoms with Crippen LogP contribution in [0, 0.1) is 22.3 Å². The van der Waals surface area contributed by atoms with Gasteiger partial charge in [0.05, 0.1) is 0 Å². The van der Waals surface area contributed by atoms with Crippen LogP contribution in [-0.4, -0.2) is 9.38 Å². The lowest BCUT2D eigenvalue weighted by molar-refractivity contribution is 0.577. The average Bonchev–Trinajstić information content (AvgIpc) is 2.27. The Morgan fingerprint density at radius 2 is 2.15 bits per heavy atom. The monoisotopic (exact) mass is 294 g/mol. The van der Waals surface area contributed by atoms with Crippen molar-refractivity contribution >= 4 is 28.1 Å². The van der Waals surface area contributed by atoms with Gasteiger partial charge in [0.1, 0.15) is 20.9 Å². The van der Waals surface area contributed by atoms with Gasteiger partial charge in [0, 0.05) is 12.3 Å². The van der Waals surface area contributed by atoms with Crippen LogP contribution in [0.2, 0.25) is 0 Å². The lowest BCUT2D eigenvalue weighted by atomic mass is 10.4. The second-order valence-corrected chi connectivity index (χ2v) is 3.70. The Hall–Kier alpha value is -0.720. The van der Waals surface area contributed by atoms with E-state index in [9.17, 15) is 8.78 Å². The number of hydrogen-bond acceptors (Lipinski definition) is 1. The van der Waals surface area contributed by atoms with E-state index >= 15 is 0 Å². The Bertz CT molecular complexity index is 478. The predicted molar refractivity (Wildman–Crippen MR) is 52.6 cm³/mol. The van der Waals surface area contributed by atoms with Gasteiger partial charge >= 0.3 is 0 Å². The molecule has 0 aliphatic carbocycles. The number of aromatic nitrogens is 2. The van der Waals surface area contributed by atoms with Crippen molar-refractivity contribution in [1.29, 1.82) is 0 Å². The van der Waals surface area contributed by atoms with Gasteiger partial charge in [0.15, 0.2) is 5.82 Å². The summed E-state index contributed by atoms with van der Waals surface area (Å²) in [5.74, 6) is -0.593. The van der Waals surface area contributed by atoms with E-state index in [-0.39, 0.29) is 0 Å². The second kappa shape index (κ2) is 2.90. The molecule has 0 fully saturated rings. The van der Waals surface area contributed by atoms with E-state index in [2.05, 4.69) is 4.98 Å². The number of halogens is 3. The first-order chi connectivity index (χ1) is 6.09. The zero-order valence-corrected chi connectivity index (χ0v) is 8.84. The van der Waals surface area contributed by atoms with Gasteiger partial charge in [0.2, 0.25) is 0 Å². The van der Waals surface area contributed by atoms with E-state index in [1.165, 1.54) is 10.6 Å². The highest BCUT2D eigenvalue weighted by molar-refractivity contribution is 14.1. The molecule has 0 spiro atoms. The fraction of sp³-hybridized carbons (Fsp3) is 0.125. The molecule has 2 rings (SSSR count). The van der Waals surface area contributed by atoms with E-state index < -0.39 is 11.6 Å². The molecule has 5 heteroatoms. The van der Waals surface area contributed by atoms with Crippen molar-refractivity contribution in [3.63, 3.8) is 0 Å². The number of hydrogen-bond donors (Lipinski definition) is 0. The summed E-state index contributed by atoms with van der Waals surface area (Å²) in [5, 5.41) is 0. The van der Waals surface area contributed by atoms with Crippen molar-refractivity contribution in [3.05, 3.63) is 33.4 Å². The van der Waals surface area contributed by atoms with Gasteiger partial charge in [-0.3, -0.25) is 4.40 Å². The summed E-state index contributed by atoms with van der Waals surface area (Å²) in [6.07, 6.45) is 1.23. The average molecular weight is 294 g/mol.